The largest absolute Gasteiger partial charge is 0.508 e. The van der Waals surface area contributed by atoms with Gasteiger partial charge in [-0.2, -0.15) is 0 Å². The van der Waals surface area contributed by atoms with Gasteiger partial charge in [-0.05, 0) is 43.2 Å². The zero-order valence-electron chi connectivity index (χ0n) is 12.0. The Morgan fingerprint density at radius 3 is 2.71 bits per heavy atom. The number of hydrogen-bond acceptors (Lipinski definition) is 4. The molecule has 1 aromatic carbocycles. The van der Waals surface area contributed by atoms with Gasteiger partial charge in [0.05, 0.1) is 0 Å². The topological polar surface area (TPSA) is 74.2 Å². The molecule has 5 nitrogen and oxygen atoms in total. The summed E-state index contributed by atoms with van der Waals surface area (Å²) in [5.74, 6) is 0.828. The van der Waals surface area contributed by atoms with E-state index in [1.54, 1.807) is 30.5 Å². The number of amides is 1. The number of nitrogens with one attached hydrogen (secondary N) is 2. The standard InChI is InChI=1S/C16H19N3O2/c1-2-17-15-11-13(8-10-18-15)16(21)19-9-7-12-3-5-14(20)6-4-12/h3-6,8,10-11,20H,2,7,9H2,1H3,(H,17,18)(H,19,21). The molecule has 0 aliphatic carbocycles. The van der Waals surface area contributed by atoms with Gasteiger partial charge in [-0.3, -0.25) is 4.79 Å². The Morgan fingerprint density at radius 2 is 2.00 bits per heavy atom. The molecular formula is C16H19N3O2. The fourth-order valence-electron chi connectivity index (χ4n) is 1.93. The first kappa shape index (κ1) is 14.8. The lowest BCUT2D eigenvalue weighted by atomic mass is 10.1. The molecule has 0 radical (unpaired) electrons. The summed E-state index contributed by atoms with van der Waals surface area (Å²) in [6.45, 7) is 3.29. The summed E-state index contributed by atoms with van der Waals surface area (Å²) in [5.41, 5.74) is 1.66. The zero-order valence-corrected chi connectivity index (χ0v) is 12.0. The highest BCUT2D eigenvalue weighted by atomic mass is 16.3. The Kier molecular flexibility index (Phi) is 5.15. The molecule has 0 bridgehead atoms. The Balaban J connectivity index is 1.86. The van der Waals surface area contributed by atoms with Crippen molar-refractivity contribution in [2.24, 2.45) is 0 Å². The third-order valence-electron chi connectivity index (χ3n) is 3.02. The van der Waals surface area contributed by atoms with Crippen molar-refractivity contribution >= 4 is 11.7 Å². The monoisotopic (exact) mass is 285 g/mol. The molecule has 0 spiro atoms. The smallest absolute Gasteiger partial charge is 0.251 e. The number of rotatable bonds is 6. The number of carbonyl (C=O) groups is 1. The fraction of sp³-hybridized carbons (Fsp3) is 0.250. The SMILES string of the molecule is CCNc1cc(C(=O)NCCc2ccc(O)cc2)ccn1. The number of nitrogens with zero attached hydrogens (tertiary/aromatic N) is 1. The van der Waals surface area contributed by atoms with Gasteiger partial charge in [-0.25, -0.2) is 4.98 Å². The number of benzene rings is 1. The molecule has 0 fully saturated rings. The number of phenols is 1. The van der Waals surface area contributed by atoms with Gasteiger partial charge in [0, 0.05) is 24.8 Å². The fourth-order valence-corrected chi connectivity index (χ4v) is 1.93. The van der Waals surface area contributed by atoms with Crippen LogP contribution in [0.1, 0.15) is 22.8 Å². The summed E-state index contributed by atoms with van der Waals surface area (Å²) in [6.07, 6.45) is 2.34. The summed E-state index contributed by atoms with van der Waals surface area (Å²) < 4.78 is 0. The van der Waals surface area contributed by atoms with Crippen LogP contribution < -0.4 is 10.6 Å². The Bertz CT molecular complexity index is 597. The molecule has 3 N–H and O–H groups in total. The van der Waals surface area contributed by atoms with E-state index < -0.39 is 0 Å². The maximum atomic E-state index is 12.0. The van der Waals surface area contributed by atoms with Crippen LogP contribution in [0.5, 0.6) is 5.75 Å². The molecule has 1 amide bonds. The van der Waals surface area contributed by atoms with Gasteiger partial charge in [-0.15, -0.1) is 0 Å². The highest BCUT2D eigenvalue weighted by Crippen LogP contribution is 2.10. The first-order valence-electron chi connectivity index (χ1n) is 6.95. The van der Waals surface area contributed by atoms with Crippen molar-refractivity contribution in [3.63, 3.8) is 0 Å². The molecule has 110 valence electrons. The summed E-state index contributed by atoms with van der Waals surface area (Å²) in [6, 6.07) is 10.4. The third-order valence-corrected chi connectivity index (χ3v) is 3.02. The minimum atomic E-state index is -0.115. The molecule has 2 rings (SSSR count). The van der Waals surface area contributed by atoms with Gasteiger partial charge in [-0.1, -0.05) is 12.1 Å². The van der Waals surface area contributed by atoms with Crippen LogP contribution >= 0.6 is 0 Å². The molecule has 0 unspecified atom stereocenters. The summed E-state index contributed by atoms with van der Waals surface area (Å²) >= 11 is 0. The second kappa shape index (κ2) is 7.28. The molecule has 2 aromatic rings. The third kappa shape index (κ3) is 4.49. The van der Waals surface area contributed by atoms with Crippen LogP contribution in [0.15, 0.2) is 42.6 Å². The summed E-state index contributed by atoms with van der Waals surface area (Å²) in [4.78, 5) is 16.2. The molecule has 1 aromatic heterocycles. The Labute approximate surface area is 124 Å². The van der Waals surface area contributed by atoms with Gasteiger partial charge in [0.15, 0.2) is 0 Å². The van der Waals surface area contributed by atoms with Gasteiger partial charge >= 0.3 is 0 Å². The molecule has 0 aliphatic rings. The van der Waals surface area contributed by atoms with Crippen molar-refractivity contribution in [1.82, 2.24) is 10.3 Å². The Hall–Kier alpha value is -2.56. The van der Waals surface area contributed by atoms with E-state index in [-0.39, 0.29) is 11.7 Å². The van der Waals surface area contributed by atoms with Gasteiger partial charge in [0.2, 0.25) is 0 Å². The van der Waals surface area contributed by atoms with E-state index >= 15 is 0 Å². The predicted octanol–water partition coefficient (Wildman–Crippen LogP) is 2.19. The molecular weight excluding hydrogens is 266 g/mol. The summed E-state index contributed by atoms with van der Waals surface area (Å²) in [7, 11) is 0. The molecule has 5 heteroatoms. The van der Waals surface area contributed by atoms with Crippen molar-refractivity contribution in [3.05, 3.63) is 53.7 Å². The van der Waals surface area contributed by atoms with Crippen molar-refractivity contribution in [1.29, 1.82) is 0 Å². The maximum absolute atomic E-state index is 12.0. The maximum Gasteiger partial charge on any atom is 0.251 e. The van der Waals surface area contributed by atoms with Crippen LogP contribution in [0.4, 0.5) is 5.82 Å². The van der Waals surface area contributed by atoms with Crippen molar-refractivity contribution in [2.45, 2.75) is 13.3 Å². The normalized spacial score (nSPS) is 10.1. The van der Waals surface area contributed by atoms with E-state index in [1.807, 2.05) is 19.1 Å². The van der Waals surface area contributed by atoms with Crippen LogP contribution in [-0.2, 0) is 6.42 Å². The molecule has 0 saturated heterocycles. The number of carbonyl (C=O) groups excluding carboxylic acids is 1. The number of pyridine rings is 1. The van der Waals surface area contributed by atoms with E-state index in [2.05, 4.69) is 15.6 Å². The van der Waals surface area contributed by atoms with Gasteiger partial charge in [0.25, 0.3) is 5.91 Å². The molecule has 21 heavy (non-hydrogen) atoms. The van der Waals surface area contributed by atoms with E-state index in [4.69, 9.17) is 0 Å². The first-order valence-corrected chi connectivity index (χ1v) is 6.95. The second-order valence-corrected chi connectivity index (χ2v) is 4.63. The Morgan fingerprint density at radius 1 is 1.24 bits per heavy atom. The van der Waals surface area contributed by atoms with E-state index in [0.717, 1.165) is 18.5 Å². The number of phenolic OH excluding ortho intramolecular Hbond substituents is 1. The number of aromatic hydroxyl groups is 1. The highest BCUT2D eigenvalue weighted by Gasteiger charge is 2.06. The summed E-state index contributed by atoms with van der Waals surface area (Å²) in [5, 5.41) is 15.2. The zero-order chi connectivity index (χ0) is 15.1. The number of aromatic nitrogens is 1. The quantitative estimate of drug-likeness (QED) is 0.760. The van der Waals surface area contributed by atoms with Crippen molar-refractivity contribution in [2.75, 3.05) is 18.4 Å². The number of hydrogen-bond donors (Lipinski definition) is 3. The van der Waals surface area contributed by atoms with Gasteiger partial charge in [0.1, 0.15) is 11.6 Å². The van der Waals surface area contributed by atoms with E-state index in [1.165, 1.54) is 0 Å². The predicted molar refractivity (Wildman–Crippen MR) is 82.5 cm³/mol. The minimum absolute atomic E-state index is 0.115. The average molecular weight is 285 g/mol. The van der Waals surface area contributed by atoms with Crippen LogP contribution in [0.3, 0.4) is 0 Å². The van der Waals surface area contributed by atoms with Gasteiger partial charge < -0.3 is 15.7 Å². The van der Waals surface area contributed by atoms with Crippen LogP contribution in [0, 0.1) is 0 Å². The second-order valence-electron chi connectivity index (χ2n) is 4.63. The molecule has 1 heterocycles. The van der Waals surface area contributed by atoms with Crippen LogP contribution in [0.2, 0.25) is 0 Å². The lowest BCUT2D eigenvalue weighted by Crippen LogP contribution is -2.25. The lowest BCUT2D eigenvalue weighted by Gasteiger charge is -2.07. The van der Waals surface area contributed by atoms with E-state index in [9.17, 15) is 9.90 Å². The highest BCUT2D eigenvalue weighted by molar-refractivity contribution is 5.94. The number of anilines is 1. The van der Waals surface area contributed by atoms with Crippen LogP contribution in [0.25, 0.3) is 0 Å². The molecule has 0 saturated carbocycles. The van der Waals surface area contributed by atoms with Crippen molar-refractivity contribution < 1.29 is 9.90 Å². The van der Waals surface area contributed by atoms with E-state index in [0.29, 0.717) is 17.9 Å². The minimum Gasteiger partial charge on any atom is -0.508 e. The molecule has 0 aliphatic heterocycles. The van der Waals surface area contributed by atoms with Crippen LogP contribution in [-0.4, -0.2) is 29.1 Å². The molecule has 0 atom stereocenters. The average Bonchev–Trinajstić information content (AvgIpc) is 2.50. The lowest BCUT2D eigenvalue weighted by molar-refractivity contribution is 0.0954. The van der Waals surface area contributed by atoms with Crippen molar-refractivity contribution in [3.8, 4) is 5.75 Å². The first-order chi connectivity index (χ1) is 10.2.